The van der Waals surface area contributed by atoms with Crippen LogP contribution in [0.3, 0.4) is 0 Å². The summed E-state index contributed by atoms with van der Waals surface area (Å²) in [5.41, 5.74) is 0. The van der Waals surface area contributed by atoms with E-state index in [2.05, 4.69) is 10.2 Å². The quantitative estimate of drug-likeness (QED) is 0.673. The van der Waals surface area contributed by atoms with Crippen LogP contribution in [0.4, 0.5) is 0 Å². The molecule has 0 amide bonds. The highest BCUT2D eigenvalue weighted by Gasteiger charge is 2.55. The summed E-state index contributed by atoms with van der Waals surface area (Å²) in [4.78, 5) is 10.7. The van der Waals surface area contributed by atoms with E-state index in [0.717, 1.165) is 11.8 Å². The Morgan fingerprint density at radius 3 is 2.75 bits per heavy atom. The standard InChI is InChI=1S/C8H10N2O2/c11-8-10-9-7(12-8)6-4-2-1-3-5(4)6/h4-6H,1-3H2,(H,10,11). The lowest BCUT2D eigenvalue weighted by atomic mass is 10.1. The van der Waals surface area contributed by atoms with Gasteiger partial charge in [0.05, 0.1) is 0 Å². The fourth-order valence-electron chi connectivity index (χ4n) is 2.57. The van der Waals surface area contributed by atoms with E-state index in [1.165, 1.54) is 19.3 Å². The molecule has 0 saturated heterocycles. The molecule has 0 spiro atoms. The summed E-state index contributed by atoms with van der Waals surface area (Å²) < 4.78 is 4.92. The number of fused-ring (bicyclic) bond motifs is 1. The molecule has 1 N–H and O–H groups in total. The molecule has 0 radical (unpaired) electrons. The summed E-state index contributed by atoms with van der Waals surface area (Å²) in [7, 11) is 0. The average molecular weight is 166 g/mol. The van der Waals surface area contributed by atoms with Crippen molar-refractivity contribution in [1.29, 1.82) is 0 Å². The predicted octanol–water partition coefficient (Wildman–Crippen LogP) is 0.876. The molecule has 3 rings (SSSR count). The van der Waals surface area contributed by atoms with Crippen LogP contribution in [-0.2, 0) is 0 Å². The van der Waals surface area contributed by atoms with Crippen molar-refractivity contribution in [3.8, 4) is 0 Å². The van der Waals surface area contributed by atoms with Crippen molar-refractivity contribution in [2.45, 2.75) is 25.2 Å². The Balaban J connectivity index is 1.89. The Bertz CT molecular complexity index is 344. The number of aromatic amines is 1. The maximum Gasteiger partial charge on any atom is 0.434 e. The van der Waals surface area contributed by atoms with E-state index in [-0.39, 0.29) is 0 Å². The maximum atomic E-state index is 10.7. The topological polar surface area (TPSA) is 58.9 Å². The van der Waals surface area contributed by atoms with E-state index in [4.69, 9.17) is 4.42 Å². The van der Waals surface area contributed by atoms with E-state index >= 15 is 0 Å². The fraction of sp³-hybridized carbons (Fsp3) is 0.750. The summed E-state index contributed by atoms with van der Waals surface area (Å²) in [6, 6.07) is 0. The fourth-order valence-corrected chi connectivity index (χ4v) is 2.57. The molecule has 2 aliphatic rings. The van der Waals surface area contributed by atoms with Crippen molar-refractivity contribution in [3.05, 3.63) is 16.4 Å². The number of hydrogen-bond donors (Lipinski definition) is 1. The lowest BCUT2D eigenvalue weighted by molar-refractivity contribution is 0.443. The number of nitrogens with zero attached hydrogens (tertiary/aromatic N) is 1. The van der Waals surface area contributed by atoms with Gasteiger partial charge in [0, 0.05) is 5.92 Å². The van der Waals surface area contributed by atoms with Crippen molar-refractivity contribution in [1.82, 2.24) is 10.2 Å². The molecule has 1 heterocycles. The Hall–Kier alpha value is -1.06. The summed E-state index contributed by atoms with van der Waals surface area (Å²) in [6.07, 6.45) is 3.90. The van der Waals surface area contributed by atoms with Crippen LogP contribution in [0.15, 0.2) is 9.21 Å². The first-order valence-electron chi connectivity index (χ1n) is 4.41. The Morgan fingerprint density at radius 2 is 2.17 bits per heavy atom. The van der Waals surface area contributed by atoms with Gasteiger partial charge >= 0.3 is 5.76 Å². The van der Waals surface area contributed by atoms with Crippen LogP contribution in [0.2, 0.25) is 0 Å². The van der Waals surface area contributed by atoms with Crippen LogP contribution in [0.25, 0.3) is 0 Å². The minimum absolute atomic E-state index is 0.421. The smallest absolute Gasteiger partial charge is 0.392 e. The molecule has 0 aliphatic heterocycles. The molecule has 2 saturated carbocycles. The number of nitrogens with one attached hydrogen (secondary N) is 1. The van der Waals surface area contributed by atoms with E-state index < -0.39 is 5.76 Å². The highest BCUT2D eigenvalue weighted by molar-refractivity contribution is 5.14. The predicted molar refractivity (Wildman–Crippen MR) is 40.7 cm³/mol. The van der Waals surface area contributed by atoms with Gasteiger partial charge in [0.2, 0.25) is 5.89 Å². The Labute approximate surface area is 69.0 Å². The molecule has 64 valence electrons. The minimum atomic E-state index is -0.421. The van der Waals surface area contributed by atoms with Gasteiger partial charge in [-0.2, -0.15) is 0 Å². The summed E-state index contributed by atoms with van der Waals surface area (Å²) in [6.45, 7) is 0. The van der Waals surface area contributed by atoms with Gasteiger partial charge in [-0.15, -0.1) is 5.10 Å². The first-order valence-corrected chi connectivity index (χ1v) is 4.41. The molecule has 2 fully saturated rings. The van der Waals surface area contributed by atoms with Gasteiger partial charge < -0.3 is 4.42 Å². The largest absolute Gasteiger partial charge is 0.434 e. The SMILES string of the molecule is O=c1[nH]nc(C2C3CCCC32)o1. The van der Waals surface area contributed by atoms with Gasteiger partial charge in [0.1, 0.15) is 0 Å². The van der Waals surface area contributed by atoms with Gasteiger partial charge in [-0.3, -0.25) is 0 Å². The normalized spacial score (nSPS) is 38.2. The van der Waals surface area contributed by atoms with E-state index in [9.17, 15) is 4.79 Å². The molecule has 0 aromatic carbocycles. The average Bonchev–Trinajstić information content (AvgIpc) is 2.55. The van der Waals surface area contributed by atoms with Crippen molar-refractivity contribution < 1.29 is 4.42 Å². The van der Waals surface area contributed by atoms with Gasteiger partial charge in [0.15, 0.2) is 0 Å². The molecule has 12 heavy (non-hydrogen) atoms. The maximum absolute atomic E-state index is 10.7. The molecule has 1 aromatic heterocycles. The molecule has 4 nitrogen and oxygen atoms in total. The third-order valence-electron chi connectivity index (χ3n) is 3.15. The molecular weight excluding hydrogens is 156 g/mol. The molecule has 2 aliphatic carbocycles. The third-order valence-corrected chi connectivity index (χ3v) is 3.15. The summed E-state index contributed by atoms with van der Waals surface area (Å²) in [5.74, 6) is 2.19. The van der Waals surface area contributed by atoms with Crippen molar-refractivity contribution in [2.24, 2.45) is 11.8 Å². The third kappa shape index (κ3) is 0.722. The monoisotopic (exact) mass is 166 g/mol. The van der Waals surface area contributed by atoms with Crippen LogP contribution in [0, 0.1) is 11.8 Å². The second-order valence-corrected chi connectivity index (χ2v) is 3.74. The van der Waals surface area contributed by atoms with E-state index in [1.807, 2.05) is 0 Å². The zero-order valence-corrected chi connectivity index (χ0v) is 6.62. The van der Waals surface area contributed by atoms with Crippen molar-refractivity contribution in [2.75, 3.05) is 0 Å². The van der Waals surface area contributed by atoms with Crippen LogP contribution < -0.4 is 5.76 Å². The Kier molecular flexibility index (Phi) is 1.07. The number of hydrogen-bond acceptors (Lipinski definition) is 3. The second kappa shape index (κ2) is 2.00. The molecule has 1 aromatic rings. The molecule has 4 heteroatoms. The number of rotatable bonds is 1. The van der Waals surface area contributed by atoms with Crippen LogP contribution in [0.5, 0.6) is 0 Å². The number of aromatic nitrogens is 2. The minimum Gasteiger partial charge on any atom is -0.392 e. The van der Waals surface area contributed by atoms with Crippen LogP contribution >= 0.6 is 0 Å². The molecule has 2 unspecified atom stereocenters. The summed E-state index contributed by atoms with van der Waals surface area (Å²) >= 11 is 0. The van der Waals surface area contributed by atoms with Crippen LogP contribution in [0.1, 0.15) is 31.1 Å². The lowest BCUT2D eigenvalue weighted by Crippen LogP contribution is -1.93. The second-order valence-electron chi connectivity index (χ2n) is 3.74. The summed E-state index contributed by atoms with van der Waals surface area (Å²) in [5, 5.41) is 6.16. The first kappa shape index (κ1) is 6.46. The highest BCUT2D eigenvalue weighted by Crippen LogP contribution is 2.62. The van der Waals surface area contributed by atoms with E-state index in [1.54, 1.807) is 0 Å². The van der Waals surface area contributed by atoms with Gasteiger partial charge in [-0.05, 0) is 24.7 Å². The lowest BCUT2D eigenvalue weighted by Gasteiger charge is -1.94. The molecule has 0 bridgehead atoms. The number of H-pyrrole nitrogens is 1. The zero-order chi connectivity index (χ0) is 8.13. The molecule has 2 atom stereocenters. The van der Waals surface area contributed by atoms with Crippen molar-refractivity contribution >= 4 is 0 Å². The van der Waals surface area contributed by atoms with E-state index in [0.29, 0.717) is 11.8 Å². The highest BCUT2D eigenvalue weighted by atomic mass is 16.4. The Morgan fingerprint density at radius 1 is 1.42 bits per heavy atom. The first-order chi connectivity index (χ1) is 5.86. The van der Waals surface area contributed by atoms with Crippen LogP contribution in [-0.4, -0.2) is 10.2 Å². The van der Waals surface area contributed by atoms with Gasteiger partial charge in [-0.25, -0.2) is 9.89 Å². The van der Waals surface area contributed by atoms with Gasteiger partial charge in [-0.1, -0.05) is 6.42 Å². The molecular formula is C8H10N2O2. The zero-order valence-electron chi connectivity index (χ0n) is 6.62. The van der Waals surface area contributed by atoms with Crippen molar-refractivity contribution in [3.63, 3.8) is 0 Å². The van der Waals surface area contributed by atoms with Gasteiger partial charge in [0.25, 0.3) is 0 Å².